The van der Waals surface area contributed by atoms with Crippen LogP contribution in [-0.4, -0.2) is 29.4 Å². The van der Waals surface area contributed by atoms with Gasteiger partial charge in [-0.1, -0.05) is 25.0 Å². The maximum atomic E-state index is 10.5. The Labute approximate surface area is 119 Å². The van der Waals surface area contributed by atoms with Crippen LogP contribution in [0.1, 0.15) is 31.2 Å². The van der Waals surface area contributed by atoms with Crippen LogP contribution < -0.4 is 4.74 Å². The van der Waals surface area contributed by atoms with Gasteiger partial charge < -0.3 is 14.9 Å². The van der Waals surface area contributed by atoms with Crippen molar-refractivity contribution in [1.29, 1.82) is 0 Å². The third-order valence-corrected chi connectivity index (χ3v) is 4.06. The third-order valence-electron chi connectivity index (χ3n) is 4.06. The first-order chi connectivity index (χ1) is 9.69. The van der Waals surface area contributed by atoms with Crippen LogP contribution in [-0.2, 0) is 11.2 Å². The number of carbonyl (C=O) groups is 1. The molecule has 110 valence electrons. The number of carboxylic acid groups (broad SMARTS) is 1. The summed E-state index contributed by atoms with van der Waals surface area (Å²) in [5.41, 5.74) is 1.15. The van der Waals surface area contributed by atoms with Gasteiger partial charge in [-0.15, -0.1) is 0 Å². The zero-order valence-corrected chi connectivity index (χ0v) is 11.6. The highest BCUT2D eigenvalue weighted by Crippen LogP contribution is 2.32. The highest BCUT2D eigenvalue weighted by atomic mass is 16.5. The van der Waals surface area contributed by atoms with Crippen molar-refractivity contribution in [2.24, 2.45) is 11.8 Å². The summed E-state index contributed by atoms with van der Waals surface area (Å²) in [5.74, 6) is 0.542. The predicted octanol–water partition coefficient (Wildman–Crippen LogP) is 2.49. The summed E-state index contributed by atoms with van der Waals surface area (Å²) < 4.78 is 5.20. The third kappa shape index (κ3) is 4.23. The number of aliphatic hydroxyl groups is 1. The van der Waals surface area contributed by atoms with Crippen molar-refractivity contribution >= 4 is 5.97 Å². The van der Waals surface area contributed by atoms with E-state index in [9.17, 15) is 9.90 Å². The SMILES string of the molecule is O=C(O)COc1cccc(CC2CCCCC2CO)c1. The van der Waals surface area contributed by atoms with Crippen LogP contribution >= 0.6 is 0 Å². The maximum Gasteiger partial charge on any atom is 0.341 e. The molecule has 2 rings (SSSR count). The average Bonchev–Trinajstić information content (AvgIpc) is 2.46. The first-order valence-corrected chi connectivity index (χ1v) is 7.23. The van der Waals surface area contributed by atoms with Crippen LogP contribution in [0.15, 0.2) is 24.3 Å². The topological polar surface area (TPSA) is 66.8 Å². The summed E-state index contributed by atoms with van der Waals surface area (Å²) >= 11 is 0. The minimum Gasteiger partial charge on any atom is -0.482 e. The van der Waals surface area contributed by atoms with Crippen molar-refractivity contribution in [1.82, 2.24) is 0 Å². The van der Waals surface area contributed by atoms with Gasteiger partial charge >= 0.3 is 5.97 Å². The zero-order chi connectivity index (χ0) is 14.4. The molecule has 2 unspecified atom stereocenters. The molecule has 0 spiro atoms. The lowest BCUT2D eigenvalue weighted by Crippen LogP contribution is -2.24. The van der Waals surface area contributed by atoms with Crippen molar-refractivity contribution in [2.45, 2.75) is 32.1 Å². The molecule has 0 saturated heterocycles. The Kier molecular flexibility index (Phi) is 5.41. The number of ether oxygens (including phenoxy) is 1. The highest BCUT2D eigenvalue weighted by Gasteiger charge is 2.24. The van der Waals surface area contributed by atoms with Gasteiger partial charge in [0.15, 0.2) is 6.61 Å². The van der Waals surface area contributed by atoms with E-state index in [-0.39, 0.29) is 13.2 Å². The molecule has 0 radical (unpaired) electrons. The molecule has 1 aromatic carbocycles. The Balaban J connectivity index is 1.97. The summed E-state index contributed by atoms with van der Waals surface area (Å²) in [6.07, 6.45) is 5.64. The van der Waals surface area contributed by atoms with Gasteiger partial charge in [-0.2, -0.15) is 0 Å². The Morgan fingerprint density at radius 3 is 2.70 bits per heavy atom. The second-order valence-corrected chi connectivity index (χ2v) is 5.52. The molecule has 1 aliphatic rings. The van der Waals surface area contributed by atoms with Gasteiger partial charge in [-0.25, -0.2) is 4.79 Å². The Morgan fingerprint density at radius 2 is 2.00 bits per heavy atom. The molecule has 0 aliphatic heterocycles. The maximum absolute atomic E-state index is 10.5. The van der Waals surface area contributed by atoms with Crippen LogP contribution in [0.5, 0.6) is 5.75 Å². The van der Waals surface area contributed by atoms with Crippen LogP contribution in [0.2, 0.25) is 0 Å². The van der Waals surface area contributed by atoms with E-state index in [0.29, 0.717) is 17.6 Å². The van der Waals surface area contributed by atoms with E-state index in [2.05, 4.69) is 0 Å². The molecule has 1 saturated carbocycles. The van der Waals surface area contributed by atoms with E-state index >= 15 is 0 Å². The summed E-state index contributed by atoms with van der Waals surface area (Å²) in [5, 5.41) is 18.1. The smallest absolute Gasteiger partial charge is 0.341 e. The second-order valence-electron chi connectivity index (χ2n) is 5.52. The molecular weight excluding hydrogens is 256 g/mol. The van der Waals surface area contributed by atoms with Crippen molar-refractivity contribution in [3.05, 3.63) is 29.8 Å². The largest absolute Gasteiger partial charge is 0.482 e. The standard InChI is InChI=1S/C16H22O4/c17-10-14-6-2-1-5-13(14)8-12-4-3-7-15(9-12)20-11-16(18)19/h3-4,7,9,13-14,17H,1-2,5-6,8,10-11H2,(H,18,19). The van der Waals surface area contributed by atoms with E-state index in [1.807, 2.05) is 18.2 Å². The fourth-order valence-electron chi connectivity index (χ4n) is 3.00. The van der Waals surface area contributed by atoms with Crippen molar-refractivity contribution in [3.63, 3.8) is 0 Å². The highest BCUT2D eigenvalue weighted by molar-refractivity contribution is 5.68. The van der Waals surface area contributed by atoms with Crippen LogP contribution in [0.25, 0.3) is 0 Å². The molecule has 1 aliphatic carbocycles. The van der Waals surface area contributed by atoms with Crippen molar-refractivity contribution < 1.29 is 19.7 Å². The first kappa shape index (κ1) is 14.9. The minimum atomic E-state index is -0.969. The molecule has 4 heteroatoms. The van der Waals surface area contributed by atoms with E-state index in [1.165, 1.54) is 12.8 Å². The molecule has 0 amide bonds. The lowest BCUT2D eigenvalue weighted by molar-refractivity contribution is -0.139. The van der Waals surface area contributed by atoms with Crippen molar-refractivity contribution in [2.75, 3.05) is 13.2 Å². The van der Waals surface area contributed by atoms with Gasteiger partial charge in [-0.3, -0.25) is 0 Å². The lowest BCUT2D eigenvalue weighted by Gasteiger charge is -2.30. The van der Waals surface area contributed by atoms with Gasteiger partial charge in [0, 0.05) is 6.61 Å². The van der Waals surface area contributed by atoms with Crippen LogP contribution in [0.4, 0.5) is 0 Å². The Hall–Kier alpha value is -1.55. The van der Waals surface area contributed by atoms with E-state index in [1.54, 1.807) is 6.07 Å². The molecular formula is C16H22O4. The van der Waals surface area contributed by atoms with Gasteiger partial charge in [0.05, 0.1) is 0 Å². The van der Waals surface area contributed by atoms with E-state index in [4.69, 9.17) is 9.84 Å². The minimum absolute atomic E-state index is 0.264. The van der Waals surface area contributed by atoms with Gasteiger partial charge in [-0.05, 0) is 48.8 Å². The average molecular weight is 278 g/mol. The number of rotatable bonds is 6. The van der Waals surface area contributed by atoms with E-state index in [0.717, 1.165) is 24.8 Å². The Morgan fingerprint density at radius 1 is 1.25 bits per heavy atom. The lowest BCUT2D eigenvalue weighted by atomic mass is 9.76. The van der Waals surface area contributed by atoms with Gasteiger partial charge in [0.2, 0.25) is 0 Å². The summed E-state index contributed by atoms with van der Waals surface area (Å²) in [7, 11) is 0. The number of hydrogen-bond acceptors (Lipinski definition) is 3. The number of aliphatic hydroxyl groups excluding tert-OH is 1. The molecule has 0 heterocycles. The predicted molar refractivity (Wildman–Crippen MR) is 75.8 cm³/mol. The normalized spacial score (nSPS) is 22.4. The first-order valence-electron chi connectivity index (χ1n) is 7.23. The molecule has 2 atom stereocenters. The van der Waals surface area contributed by atoms with Gasteiger partial charge in [0.1, 0.15) is 5.75 Å². The summed E-state index contributed by atoms with van der Waals surface area (Å²) in [6.45, 7) is -0.0496. The molecule has 1 aromatic rings. The number of aliphatic carboxylic acids is 1. The molecule has 2 N–H and O–H groups in total. The van der Waals surface area contributed by atoms with Crippen LogP contribution in [0.3, 0.4) is 0 Å². The van der Waals surface area contributed by atoms with Gasteiger partial charge in [0.25, 0.3) is 0 Å². The molecule has 0 bridgehead atoms. The molecule has 4 nitrogen and oxygen atoms in total. The Bertz CT molecular complexity index is 444. The quantitative estimate of drug-likeness (QED) is 0.839. The summed E-state index contributed by atoms with van der Waals surface area (Å²) in [4.78, 5) is 10.5. The zero-order valence-electron chi connectivity index (χ0n) is 11.6. The monoisotopic (exact) mass is 278 g/mol. The fourth-order valence-corrected chi connectivity index (χ4v) is 3.00. The number of hydrogen-bond donors (Lipinski definition) is 2. The molecule has 1 fully saturated rings. The van der Waals surface area contributed by atoms with Crippen LogP contribution in [0, 0.1) is 11.8 Å². The molecule has 0 aromatic heterocycles. The second kappa shape index (κ2) is 7.29. The molecule has 20 heavy (non-hydrogen) atoms. The summed E-state index contributed by atoms with van der Waals surface area (Å²) in [6, 6.07) is 7.61. The van der Waals surface area contributed by atoms with Crippen molar-refractivity contribution in [3.8, 4) is 5.75 Å². The number of carboxylic acids is 1. The fraction of sp³-hybridized carbons (Fsp3) is 0.562. The van der Waals surface area contributed by atoms with E-state index < -0.39 is 5.97 Å². The number of benzene rings is 1.